The van der Waals surface area contributed by atoms with Crippen LogP contribution in [-0.2, 0) is 11.2 Å². The highest BCUT2D eigenvalue weighted by Crippen LogP contribution is 2.27. The van der Waals surface area contributed by atoms with Crippen LogP contribution >= 0.6 is 0 Å². The van der Waals surface area contributed by atoms with Crippen molar-refractivity contribution in [3.8, 4) is 11.5 Å². The predicted octanol–water partition coefficient (Wildman–Crippen LogP) is 1.31. The van der Waals surface area contributed by atoms with Crippen LogP contribution in [-0.4, -0.2) is 45.2 Å². The number of methoxy groups -OCH3 is 2. The largest absolute Gasteiger partial charge is 0.493 e. The fourth-order valence-corrected chi connectivity index (χ4v) is 2.66. The third-order valence-corrected chi connectivity index (χ3v) is 4.09. The van der Waals surface area contributed by atoms with Gasteiger partial charge in [-0.25, -0.2) is 0 Å². The molecule has 8 nitrogen and oxygen atoms in total. The van der Waals surface area contributed by atoms with Crippen LogP contribution < -0.4 is 19.7 Å². The molecule has 0 saturated carbocycles. The minimum atomic E-state index is -0.490. The number of carbonyl (C=O) groups excluding carboxylic acids is 1. The Bertz CT molecular complexity index is 810. The van der Waals surface area contributed by atoms with Crippen LogP contribution in [0.25, 0.3) is 0 Å². The van der Waals surface area contributed by atoms with Crippen molar-refractivity contribution < 1.29 is 24.1 Å². The van der Waals surface area contributed by atoms with Crippen molar-refractivity contribution >= 4 is 17.3 Å². The number of ether oxygens (including phenoxy) is 2. The summed E-state index contributed by atoms with van der Waals surface area (Å²) < 4.78 is 10.5. The Morgan fingerprint density at radius 3 is 2.56 bits per heavy atom. The van der Waals surface area contributed by atoms with Gasteiger partial charge >= 0.3 is 0 Å². The molecule has 2 aromatic rings. The lowest BCUT2D eigenvalue weighted by Gasteiger charge is -2.15. The minimum absolute atomic E-state index is 0.0537. The molecule has 0 bridgehead atoms. The molecule has 2 aromatic carbocycles. The van der Waals surface area contributed by atoms with Crippen LogP contribution in [0, 0.1) is 10.1 Å². The molecule has 27 heavy (non-hydrogen) atoms. The molecule has 0 saturated heterocycles. The Labute approximate surface area is 157 Å². The molecule has 1 unspecified atom stereocenters. The molecular weight excluding hydrogens is 350 g/mol. The van der Waals surface area contributed by atoms with Gasteiger partial charge in [-0.3, -0.25) is 14.9 Å². The number of non-ortho nitro benzene ring substituents is 1. The third-order valence-electron chi connectivity index (χ3n) is 4.09. The second kappa shape index (κ2) is 9.54. The topological polar surface area (TPSA) is 95.1 Å². The Morgan fingerprint density at radius 1 is 1.15 bits per heavy atom. The van der Waals surface area contributed by atoms with Gasteiger partial charge in [0.05, 0.1) is 32.7 Å². The highest BCUT2D eigenvalue weighted by atomic mass is 16.6. The van der Waals surface area contributed by atoms with Crippen LogP contribution in [0.15, 0.2) is 42.5 Å². The normalized spacial score (nSPS) is 11.5. The maximum atomic E-state index is 12.2. The average Bonchev–Trinajstić information content (AvgIpc) is 2.66. The first-order valence-corrected chi connectivity index (χ1v) is 8.49. The number of rotatable bonds is 9. The zero-order valence-corrected chi connectivity index (χ0v) is 15.7. The van der Waals surface area contributed by atoms with Crippen LogP contribution in [0.2, 0.25) is 0 Å². The number of nitro groups is 1. The van der Waals surface area contributed by atoms with Crippen molar-refractivity contribution in [2.75, 3.05) is 39.7 Å². The number of hydrogen-bond donors (Lipinski definition) is 2. The highest BCUT2D eigenvalue weighted by molar-refractivity contribution is 5.91. The van der Waals surface area contributed by atoms with E-state index in [1.54, 1.807) is 26.4 Å². The van der Waals surface area contributed by atoms with Gasteiger partial charge in [-0.05, 0) is 23.8 Å². The Balaban J connectivity index is 1.86. The second-order valence-corrected chi connectivity index (χ2v) is 6.18. The van der Waals surface area contributed by atoms with E-state index in [9.17, 15) is 14.9 Å². The number of carbonyl (C=O) groups is 1. The van der Waals surface area contributed by atoms with E-state index in [1.165, 1.54) is 12.1 Å². The quantitative estimate of drug-likeness (QED) is 0.510. The van der Waals surface area contributed by atoms with Crippen molar-refractivity contribution in [1.29, 1.82) is 0 Å². The summed E-state index contributed by atoms with van der Waals surface area (Å²) in [5.74, 6) is 1.16. The fourth-order valence-electron chi connectivity index (χ4n) is 2.66. The van der Waals surface area contributed by atoms with Crippen molar-refractivity contribution in [2.45, 2.75) is 6.42 Å². The summed E-state index contributed by atoms with van der Waals surface area (Å²) in [5.41, 5.74) is 1.45. The van der Waals surface area contributed by atoms with Crippen molar-refractivity contribution in [3.63, 3.8) is 0 Å². The number of nitrogens with one attached hydrogen (secondary N) is 2. The predicted molar refractivity (Wildman–Crippen MR) is 102 cm³/mol. The number of quaternary nitrogens is 1. The first-order chi connectivity index (χ1) is 12.9. The molecular formula is C19H24N3O5+. The lowest BCUT2D eigenvalue weighted by Crippen LogP contribution is -3.10. The van der Waals surface area contributed by atoms with Gasteiger partial charge in [0.15, 0.2) is 18.0 Å². The summed E-state index contributed by atoms with van der Waals surface area (Å²) in [6, 6.07) is 11.7. The average molecular weight is 374 g/mol. The SMILES string of the molecule is COc1ccc(CC[NH+](C)CC(=O)Nc2cccc([N+](=O)[O-])c2)cc1OC. The van der Waals surface area contributed by atoms with E-state index in [0.717, 1.165) is 23.4 Å². The number of benzene rings is 2. The number of nitrogens with zero attached hydrogens (tertiary/aromatic N) is 1. The lowest BCUT2D eigenvalue weighted by atomic mass is 10.1. The smallest absolute Gasteiger partial charge is 0.279 e. The van der Waals surface area contributed by atoms with Crippen molar-refractivity contribution in [3.05, 3.63) is 58.1 Å². The van der Waals surface area contributed by atoms with E-state index in [1.807, 2.05) is 25.2 Å². The monoisotopic (exact) mass is 374 g/mol. The maximum Gasteiger partial charge on any atom is 0.279 e. The van der Waals surface area contributed by atoms with E-state index in [-0.39, 0.29) is 18.1 Å². The Morgan fingerprint density at radius 2 is 1.89 bits per heavy atom. The minimum Gasteiger partial charge on any atom is -0.493 e. The molecule has 8 heteroatoms. The molecule has 0 aliphatic heterocycles. The molecule has 0 spiro atoms. The maximum absolute atomic E-state index is 12.2. The van der Waals surface area contributed by atoms with Crippen molar-refractivity contribution in [2.24, 2.45) is 0 Å². The molecule has 0 aliphatic rings. The van der Waals surface area contributed by atoms with Gasteiger partial charge in [-0.1, -0.05) is 12.1 Å². The van der Waals surface area contributed by atoms with Crippen LogP contribution in [0.5, 0.6) is 11.5 Å². The van der Waals surface area contributed by atoms with Gasteiger partial charge < -0.3 is 19.7 Å². The summed E-state index contributed by atoms with van der Waals surface area (Å²) in [7, 11) is 5.11. The summed E-state index contributed by atoms with van der Waals surface area (Å²) >= 11 is 0. The molecule has 2 rings (SSSR count). The molecule has 1 amide bonds. The second-order valence-electron chi connectivity index (χ2n) is 6.18. The van der Waals surface area contributed by atoms with E-state index in [0.29, 0.717) is 17.2 Å². The van der Waals surface area contributed by atoms with Crippen LogP contribution in [0.4, 0.5) is 11.4 Å². The number of nitro benzene ring substituents is 1. The number of anilines is 1. The first-order valence-electron chi connectivity index (χ1n) is 8.49. The summed E-state index contributed by atoms with van der Waals surface area (Å²) in [5, 5.41) is 13.5. The van der Waals surface area contributed by atoms with Gasteiger partial charge in [0.25, 0.3) is 11.6 Å². The third kappa shape index (κ3) is 5.96. The lowest BCUT2D eigenvalue weighted by molar-refractivity contribution is -0.870. The molecule has 2 N–H and O–H groups in total. The zero-order valence-electron chi connectivity index (χ0n) is 15.7. The molecule has 0 aliphatic carbocycles. The number of amides is 1. The van der Waals surface area contributed by atoms with E-state index in [4.69, 9.17) is 9.47 Å². The molecule has 0 fully saturated rings. The summed E-state index contributed by atoms with van der Waals surface area (Å²) in [4.78, 5) is 23.5. The number of likely N-dealkylation sites (N-methyl/N-ethyl adjacent to an activating group) is 1. The molecule has 144 valence electrons. The Kier molecular flexibility index (Phi) is 7.13. The van der Waals surface area contributed by atoms with Gasteiger partial charge in [0, 0.05) is 24.2 Å². The summed E-state index contributed by atoms with van der Waals surface area (Å²) in [6.45, 7) is 1.01. The van der Waals surface area contributed by atoms with Gasteiger partial charge in [-0.15, -0.1) is 0 Å². The van der Waals surface area contributed by atoms with E-state index >= 15 is 0 Å². The standard InChI is InChI=1S/C19H23N3O5/c1-21(10-9-14-7-8-17(26-2)18(11-14)27-3)13-19(23)20-15-5-4-6-16(12-15)22(24)25/h4-8,11-12H,9-10,13H2,1-3H3,(H,20,23)/p+1. The fraction of sp³-hybridized carbons (Fsp3) is 0.316. The highest BCUT2D eigenvalue weighted by Gasteiger charge is 2.13. The van der Waals surface area contributed by atoms with Crippen LogP contribution in [0.1, 0.15) is 5.56 Å². The zero-order chi connectivity index (χ0) is 19.8. The molecule has 0 aromatic heterocycles. The molecule has 0 radical (unpaired) electrons. The van der Waals surface area contributed by atoms with Gasteiger partial charge in [0.2, 0.25) is 0 Å². The number of hydrogen-bond acceptors (Lipinski definition) is 5. The van der Waals surface area contributed by atoms with Crippen LogP contribution in [0.3, 0.4) is 0 Å². The first kappa shape index (κ1) is 20.2. The summed E-state index contributed by atoms with van der Waals surface area (Å²) in [6.07, 6.45) is 0.774. The van der Waals surface area contributed by atoms with E-state index in [2.05, 4.69) is 5.32 Å². The molecule has 1 atom stereocenters. The van der Waals surface area contributed by atoms with Gasteiger partial charge in [0.1, 0.15) is 0 Å². The Hall–Kier alpha value is -3.13. The van der Waals surface area contributed by atoms with Gasteiger partial charge in [-0.2, -0.15) is 0 Å². The van der Waals surface area contributed by atoms with E-state index < -0.39 is 4.92 Å². The van der Waals surface area contributed by atoms with Crippen molar-refractivity contribution in [1.82, 2.24) is 0 Å². The molecule has 0 heterocycles.